The molecule has 0 atom stereocenters. The molecule has 0 radical (unpaired) electrons. The molecule has 0 saturated heterocycles. The number of hydrogen-bond donors (Lipinski definition) is 0. The third kappa shape index (κ3) is 4.93. The lowest BCUT2D eigenvalue weighted by atomic mass is 10.3. The molecule has 0 unspecified atom stereocenters. The van der Waals surface area contributed by atoms with Crippen LogP contribution < -0.4 is 0 Å². The highest BCUT2D eigenvalue weighted by Crippen LogP contribution is 2.19. The first-order chi connectivity index (χ1) is 6.74. The van der Waals surface area contributed by atoms with Gasteiger partial charge >= 0.3 is 8.56 Å². The highest BCUT2D eigenvalue weighted by atomic mass is 28.4. The summed E-state index contributed by atoms with van der Waals surface area (Å²) in [6.45, 7) is 11.6. The van der Waals surface area contributed by atoms with E-state index in [0.29, 0.717) is 0 Å². The fourth-order valence-electron chi connectivity index (χ4n) is 1.52. The van der Waals surface area contributed by atoms with Gasteiger partial charge in [-0.25, -0.2) is 0 Å². The third-order valence-corrected chi connectivity index (χ3v) is 5.44. The molecule has 0 aliphatic rings. The lowest BCUT2D eigenvalue weighted by Crippen LogP contribution is -2.40. The molecule has 0 N–H and O–H groups in total. The van der Waals surface area contributed by atoms with Crippen LogP contribution in [0.2, 0.25) is 6.04 Å². The molecule has 0 heterocycles. The molecular weight excluding hydrogens is 192 g/mol. The summed E-state index contributed by atoms with van der Waals surface area (Å²) in [6, 6.07) is 1.05. The first kappa shape index (κ1) is 13.9. The van der Waals surface area contributed by atoms with Gasteiger partial charge in [0, 0.05) is 13.2 Å². The van der Waals surface area contributed by atoms with Crippen molar-refractivity contribution in [2.75, 3.05) is 13.2 Å². The Balaban J connectivity index is 4.10. The van der Waals surface area contributed by atoms with E-state index in [0.717, 1.165) is 19.3 Å². The van der Waals surface area contributed by atoms with Gasteiger partial charge < -0.3 is 8.85 Å². The van der Waals surface area contributed by atoms with E-state index in [1.807, 2.05) is 19.5 Å². The average molecular weight is 216 g/mol. The van der Waals surface area contributed by atoms with Crippen LogP contribution in [-0.4, -0.2) is 21.8 Å². The maximum atomic E-state index is 5.76. The molecule has 0 aromatic heterocycles. The molecule has 0 rings (SSSR count). The molecule has 0 bridgehead atoms. The fraction of sp³-hybridized carbons (Fsp3) is 0.818. The summed E-state index contributed by atoms with van der Waals surface area (Å²) in [7, 11) is -2.04. The van der Waals surface area contributed by atoms with Gasteiger partial charge in [-0.05, 0) is 25.6 Å². The lowest BCUT2D eigenvalue weighted by Gasteiger charge is -2.26. The topological polar surface area (TPSA) is 18.5 Å². The Kier molecular flexibility index (Phi) is 8.13. The molecule has 0 spiro atoms. The van der Waals surface area contributed by atoms with E-state index in [4.69, 9.17) is 8.85 Å². The maximum absolute atomic E-state index is 5.76. The molecule has 0 aliphatic heterocycles. The van der Waals surface area contributed by atoms with E-state index in [2.05, 4.69) is 13.5 Å². The fourth-order valence-corrected chi connectivity index (χ4v) is 4.05. The van der Waals surface area contributed by atoms with Crippen molar-refractivity contribution in [3.8, 4) is 0 Å². The molecule has 84 valence electrons. The molecular formula is C11H24O2Si. The molecule has 0 fully saturated rings. The van der Waals surface area contributed by atoms with Crippen molar-refractivity contribution in [2.24, 2.45) is 0 Å². The van der Waals surface area contributed by atoms with Crippen LogP contribution in [0.5, 0.6) is 0 Å². The molecule has 0 aromatic rings. The van der Waals surface area contributed by atoms with E-state index in [1.165, 1.54) is 19.3 Å². The van der Waals surface area contributed by atoms with Crippen LogP contribution in [0.15, 0.2) is 12.3 Å². The monoisotopic (exact) mass is 216 g/mol. The molecule has 14 heavy (non-hydrogen) atoms. The van der Waals surface area contributed by atoms with E-state index in [-0.39, 0.29) is 0 Å². The van der Waals surface area contributed by atoms with Gasteiger partial charge in [-0.1, -0.05) is 26.2 Å². The van der Waals surface area contributed by atoms with Gasteiger partial charge in [0.2, 0.25) is 0 Å². The smallest absolute Gasteiger partial charge is 0.364 e. The minimum atomic E-state index is -2.04. The van der Waals surface area contributed by atoms with Crippen molar-refractivity contribution < 1.29 is 8.85 Å². The quantitative estimate of drug-likeness (QED) is 0.434. The minimum Gasteiger partial charge on any atom is -0.392 e. The van der Waals surface area contributed by atoms with Crippen LogP contribution in [0.4, 0.5) is 0 Å². The molecule has 3 heteroatoms. The SMILES string of the molecule is C=C[Si](CCCCC)(OCC)OCC. The van der Waals surface area contributed by atoms with Crippen LogP contribution in [0.25, 0.3) is 0 Å². The van der Waals surface area contributed by atoms with E-state index in [9.17, 15) is 0 Å². The Hall–Kier alpha value is -0.123. The zero-order valence-electron chi connectivity index (χ0n) is 9.84. The Bertz CT molecular complexity index is 142. The Morgan fingerprint density at radius 2 is 1.64 bits per heavy atom. The van der Waals surface area contributed by atoms with Crippen molar-refractivity contribution in [2.45, 2.75) is 46.1 Å². The lowest BCUT2D eigenvalue weighted by molar-refractivity contribution is 0.193. The van der Waals surface area contributed by atoms with Crippen molar-refractivity contribution in [1.82, 2.24) is 0 Å². The van der Waals surface area contributed by atoms with Crippen molar-refractivity contribution in [3.05, 3.63) is 12.3 Å². The normalized spacial score (nSPS) is 11.6. The Labute approximate surface area is 89.6 Å². The molecule has 2 nitrogen and oxygen atoms in total. The van der Waals surface area contributed by atoms with Gasteiger partial charge in [-0.2, -0.15) is 0 Å². The third-order valence-electron chi connectivity index (χ3n) is 2.22. The summed E-state index contributed by atoms with van der Waals surface area (Å²) >= 11 is 0. The molecule has 0 amide bonds. The van der Waals surface area contributed by atoms with E-state index >= 15 is 0 Å². The van der Waals surface area contributed by atoms with Gasteiger partial charge in [0.05, 0.1) is 0 Å². The maximum Gasteiger partial charge on any atom is 0.364 e. The summed E-state index contributed by atoms with van der Waals surface area (Å²) in [5.74, 6) is 0. The van der Waals surface area contributed by atoms with Crippen molar-refractivity contribution in [3.63, 3.8) is 0 Å². The predicted octanol–water partition coefficient (Wildman–Crippen LogP) is 3.42. The first-order valence-electron chi connectivity index (χ1n) is 5.66. The second-order valence-corrected chi connectivity index (χ2v) is 6.45. The first-order valence-corrected chi connectivity index (χ1v) is 7.76. The van der Waals surface area contributed by atoms with Crippen LogP contribution >= 0.6 is 0 Å². The zero-order chi connectivity index (χ0) is 10.9. The van der Waals surface area contributed by atoms with Crippen LogP contribution in [0.3, 0.4) is 0 Å². The summed E-state index contributed by atoms with van der Waals surface area (Å²) in [4.78, 5) is 0. The summed E-state index contributed by atoms with van der Waals surface area (Å²) in [5, 5.41) is 0. The number of unbranched alkanes of at least 4 members (excludes halogenated alkanes) is 2. The van der Waals surface area contributed by atoms with E-state index < -0.39 is 8.56 Å². The largest absolute Gasteiger partial charge is 0.392 e. The van der Waals surface area contributed by atoms with E-state index in [1.54, 1.807) is 0 Å². The van der Waals surface area contributed by atoms with Gasteiger partial charge in [0.15, 0.2) is 0 Å². The number of hydrogen-bond acceptors (Lipinski definition) is 2. The average Bonchev–Trinajstić information content (AvgIpc) is 2.19. The zero-order valence-corrected chi connectivity index (χ0v) is 10.8. The summed E-state index contributed by atoms with van der Waals surface area (Å²) < 4.78 is 11.5. The van der Waals surface area contributed by atoms with Gasteiger partial charge in [0.1, 0.15) is 0 Å². The van der Waals surface area contributed by atoms with Crippen molar-refractivity contribution in [1.29, 1.82) is 0 Å². The second kappa shape index (κ2) is 8.21. The predicted molar refractivity (Wildman–Crippen MR) is 63.5 cm³/mol. The minimum absolute atomic E-state index is 0.727. The molecule has 0 saturated carbocycles. The standard InChI is InChI=1S/C11H24O2Si/c1-5-9-10-11-14(8-4,12-6-2)13-7-3/h8H,4-7,9-11H2,1-3H3. The van der Waals surface area contributed by atoms with Crippen molar-refractivity contribution >= 4 is 8.56 Å². The van der Waals surface area contributed by atoms with Crippen LogP contribution in [0.1, 0.15) is 40.0 Å². The second-order valence-electron chi connectivity index (χ2n) is 3.34. The van der Waals surface area contributed by atoms with Crippen LogP contribution in [-0.2, 0) is 8.85 Å². The highest BCUT2D eigenvalue weighted by molar-refractivity contribution is 6.72. The Morgan fingerprint density at radius 3 is 2.00 bits per heavy atom. The Morgan fingerprint density at radius 1 is 1.07 bits per heavy atom. The summed E-state index contributed by atoms with van der Waals surface area (Å²) in [6.07, 6.45) is 3.68. The number of rotatable bonds is 9. The highest BCUT2D eigenvalue weighted by Gasteiger charge is 2.32. The molecule has 0 aliphatic carbocycles. The molecule has 0 aromatic carbocycles. The van der Waals surface area contributed by atoms with Gasteiger partial charge in [-0.15, -0.1) is 6.58 Å². The van der Waals surface area contributed by atoms with Crippen LogP contribution in [0, 0.1) is 0 Å². The summed E-state index contributed by atoms with van der Waals surface area (Å²) in [5.41, 5.74) is 1.93. The van der Waals surface area contributed by atoms with Gasteiger partial charge in [-0.3, -0.25) is 0 Å². The van der Waals surface area contributed by atoms with Gasteiger partial charge in [0.25, 0.3) is 0 Å².